The Morgan fingerprint density at radius 2 is 2.33 bits per heavy atom. The summed E-state index contributed by atoms with van der Waals surface area (Å²) in [5.74, 6) is -0.411. The van der Waals surface area contributed by atoms with Crippen LogP contribution < -0.4 is 15.8 Å². The van der Waals surface area contributed by atoms with E-state index in [-0.39, 0.29) is 24.5 Å². The standard InChI is InChI=1S/C14H17F2N3OS/c1-2-5-18-14-19-10-3-4-11(12(16)13(10)21-14)20-8-9(6-15)7-17/h3-4,6H,2,5,7-8,17H2,1H3,(H,18,19). The molecule has 114 valence electrons. The van der Waals surface area contributed by atoms with Gasteiger partial charge in [-0.2, -0.15) is 0 Å². The third kappa shape index (κ3) is 3.68. The second kappa shape index (κ2) is 7.33. The molecule has 0 saturated carbocycles. The van der Waals surface area contributed by atoms with Crippen molar-refractivity contribution in [2.45, 2.75) is 13.3 Å². The second-order valence-corrected chi connectivity index (χ2v) is 5.43. The van der Waals surface area contributed by atoms with Crippen LogP contribution >= 0.6 is 11.3 Å². The van der Waals surface area contributed by atoms with Crippen LogP contribution in [0.1, 0.15) is 13.3 Å². The van der Waals surface area contributed by atoms with Crippen LogP contribution in [0.3, 0.4) is 0 Å². The summed E-state index contributed by atoms with van der Waals surface area (Å²) in [4.78, 5) is 4.30. The average molecular weight is 313 g/mol. The van der Waals surface area contributed by atoms with Crippen LogP contribution in [0.15, 0.2) is 24.0 Å². The lowest BCUT2D eigenvalue weighted by Crippen LogP contribution is -2.11. The maximum absolute atomic E-state index is 14.3. The number of fused-ring (bicyclic) bond motifs is 1. The number of nitrogens with two attached hydrogens (primary N) is 1. The van der Waals surface area contributed by atoms with E-state index < -0.39 is 5.82 Å². The lowest BCUT2D eigenvalue weighted by molar-refractivity contribution is 0.330. The van der Waals surface area contributed by atoms with Gasteiger partial charge in [-0.15, -0.1) is 0 Å². The maximum Gasteiger partial charge on any atom is 0.184 e. The van der Waals surface area contributed by atoms with Crippen molar-refractivity contribution >= 4 is 26.7 Å². The molecule has 1 aromatic carbocycles. The monoisotopic (exact) mass is 313 g/mol. The van der Waals surface area contributed by atoms with Crippen molar-refractivity contribution in [1.82, 2.24) is 4.98 Å². The Morgan fingerprint density at radius 3 is 3.00 bits per heavy atom. The van der Waals surface area contributed by atoms with E-state index in [2.05, 4.69) is 10.3 Å². The summed E-state index contributed by atoms with van der Waals surface area (Å²) in [5.41, 5.74) is 6.17. The van der Waals surface area contributed by atoms with E-state index >= 15 is 0 Å². The number of nitrogens with one attached hydrogen (secondary N) is 1. The average Bonchev–Trinajstić information content (AvgIpc) is 2.92. The zero-order valence-electron chi connectivity index (χ0n) is 11.7. The molecule has 0 amide bonds. The fourth-order valence-corrected chi connectivity index (χ4v) is 2.59. The highest BCUT2D eigenvalue weighted by atomic mass is 32.1. The van der Waals surface area contributed by atoms with Crippen molar-refractivity contribution < 1.29 is 13.5 Å². The first-order chi connectivity index (χ1) is 10.2. The van der Waals surface area contributed by atoms with Gasteiger partial charge in [-0.05, 0) is 18.6 Å². The first kappa shape index (κ1) is 15.7. The molecule has 0 aliphatic carbocycles. The Morgan fingerprint density at radius 1 is 1.52 bits per heavy atom. The van der Waals surface area contributed by atoms with Crippen molar-refractivity contribution in [2.24, 2.45) is 5.73 Å². The van der Waals surface area contributed by atoms with Gasteiger partial charge in [0.1, 0.15) is 6.61 Å². The summed E-state index contributed by atoms with van der Waals surface area (Å²) in [6.07, 6.45) is 1.35. The van der Waals surface area contributed by atoms with Crippen molar-refractivity contribution in [3.8, 4) is 5.75 Å². The van der Waals surface area contributed by atoms with E-state index in [4.69, 9.17) is 10.5 Å². The summed E-state index contributed by atoms with van der Waals surface area (Å²) in [6, 6.07) is 3.18. The molecule has 1 aromatic heterocycles. The van der Waals surface area contributed by atoms with Gasteiger partial charge in [0.05, 0.1) is 16.5 Å². The molecule has 0 radical (unpaired) electrons. The molecule has 3 N–H and O–H groups in total. The number of benzene rings is 1. The van der Waals surface area contributed by atoms with Crippen LogP contribution in [0.2, 0.25) is 0 Å². The molecular formula is C14H17F2N3OS. The predicted molar refractivity (Wildman–Crippen MR) is 82.1 cm³/mol. The van der Waals surface area contributed by atoms with Crippen LogP contribution in [0.4, 0.5) is 13.9 Å². The Hall–Kier alpha value is -1.73. The Balaban J connectivity index is 2.20. The second-order valence-electron chi connectivity index (χ2n) is 4.43. The Kier molecular flexibility index (Phi) is 5.46. The molecule has 0 unspecified atom stereocenters. The SMILES string of the molecule is CCCNc1nc2ccc(OCC(=CF)CN)c(F)c2s1. The van der Waals surface area contributed by atoms with Crippen LogP contribution in [0.25, 0.3) is 10.2 Å². The molecule has 1 heterocycles. The van der Waals surface area contributed by atoms with Gasteiger partial charge in [0.2, 0.25) is 0 Å². The van der Waals surface area contributed by atoms with Crippen LogP contribution in [0, 0.1) is 5.82 Å². The largest absolute Gasteiger partial charge is 0.486 e. The number of anilines is 1. The van der Waals surface area contributed by atoms with E-state index in [0.29, 0.717) is 21.7 Å². The third-order valence-corrected chi connectivity index (χ3v) is 3.84. The van der Waals surface area contributed by atoms with E-state index in [9.17, 15) is 8.78 Å². The zero-order chi connectivity index (χ0) is 15.2. The number of hydrogen-bond acceptors (Lipinski definition) is 5. The molecule has 0 saturated heterocycles. The fourth-order valence-electron chi connectivity index (χ4n) is 1.67. The van der Waals surface area contributed by atoms with Gasteiger partial charge in [-0.3, -0.25) is 0 Å². The number of halogens is 2. The third-order valence-electron chi connectivity index (χ3n) is 2.82. The summed E-state index contributed by atoms with van der Waals surface area (Å²) < 4.78 is 32.4. The maximum atomic E-state index is 14.3. The molecule has 2 rings (SSSR count). The molecular weight excluding hydrogens is 296 g/mol. The summed E-state index contributed by atoms with van der Waals surface area (Å²) in [5, 5.41) is 3.80. The summed E-state index contributed by atoms with van der Waals surface area (Å²) in [7, 11) is 0. The highest BCUT2D eigenvalue weighted by Gasteiger charge is 2.13. The number of ether oxygens (including phenoxy) is 1. The number of rotatable bonds is 7. The van der Waals surface area contributed by atoms with Crippen LogP contribution in [-0.4, -0.2) is 24.7 Å². The minimum Gasteiger partial charge on any atom is -0.486 e. The molecule has 0 spiro atoms. The summed E-state index contributed by atoms with van der Waals surface area (Å²) >= 11 is 1.23. The van der Waals surface area contributed by atoms with Crippen LogP contribution in [0.5, 0.6) is 5.75 Å². The predicted octanol–water partition coefficient (Wildman–Crippen LogP) is 3.45. The molecule has 0 atom stereocenters. The van der Waals surface area contributed by atoms with Crippen molar-refractivity contribution in [3.63, 3.8) is 0 Å². The highest BCUT2D eigenvalue weighted by molar-refractivity contribution is 7.22. The smallest absolute Gasteiger partial charge is 0.184 e. The minimum atomic E-state index is -0.482. The van der Waals surface area contributed by atoms with Crippen molar-refractivity contribution in [2.75, 3.05) is 25.0 Å². The summed E-state index contributed by atoms with van der Waals surface area (Å²) in [6.45, 7) is 2.79. The number of hydrogen-bond donors (Lipinski definition) is 2. The van der Waals surface area contributed by atoms with E-state index in [1.807, 2.05) is 6.92 Å². The fraction of sp³-hybridized carbons (Fsp3) is 0.357. The molecule has 2 aromatic rings. The van der Waals surface area contributed by atoms with Crippen molar-refractivity contribution in [1.29, 1.82) is 0 Å². The number of nitrogens with zero attached hydrogens (tertiary/aromatic N) is 1. The molecule has 0 fully saturated rings. The van der Waals surface area contributed by atoms with E-state index in [1.54, 1.807) is 6.07 Å². The molecule has 0 bridgehead atoms. The molecule has 7 heteroatoms. The Bertz CT molecular complexity index is 642. The van der Waals surface area contributed by atoms with Gasteiger partial charge in [0.15, 0.2) is 16.7 Å². The van der Waals surface area contributed by atoms with Crippen molar-refractivity contribution in [3.05, 3.63) is 29.9 Å². The first-order valence-electron chi connectivity index (χ1n) is 6.63. The van der Waals surface area contributed by atoms with Gasteiger partial charge in [0.25, 0.3) is 0 Å². The quantitative estimate of drug-likeness (QED) is 0.822. The van der Waals surface area contributed by atoms with E-state index in [0.717, 1.165) is 13.0 Å². The lowest BCUT2D eigenvalue weighted by atomic mass is 10.3. The molecule has 0 aliphatic rings. The molecule has 0 aliphatic heterocycles. The minimum absolute atomic E-state index is 0.0337. The van der Waals surface area contributed by atoms with Gasteiger partial charge in [-0.25, -0.2) is 13.8 Å². The number of aromatic nitrogens is 1. The van der Waals surface area contributed by atoms with Crippen LogP contribution in [-0.2, 0) is 0 Å². The lowest BCUT2D eigenvalue weighted by Gasteiger charge is -2.08. The highest BCUT2D eigenvalue weighted by Crippen LogP contribution is 2.33. The van der Waals surface area contributed by atoms with E-state index in [1.165, 1.54) is 17.4 Å². The number of thiazole rings is 1. The molecule has 21 heavy (non-hydrogen) atoms. The van der Waals surface area contributed by atoms with Gasteiger partial charge < -0.3 is 15.8 Å². The topological polar surface area (TPSA) is 60.2 Å². The van der Waals surface area contributed by atoms with Gasteiger partial charge in [-0.1, -0.05) is 18.3 Å². The Labute approximate surface area is 125 Å². The normalized spacial score (nSPS) is 11.9. The first-order valence-corrected chi connectivity index (χ1v) is 7.45. The van der Waals surface area contributed by atoms with Gasteiger partial charge >= 0.3 is 0 Å². The molecule has 4 nitrogen and oxygen atoms in total. The zero-order valence-corrected chi connectivity index (χ0v) is 12.5. The van der Waals surface area contributed by atoms with Gasteiger partial charge in [0, 0.05) is 18.7 Å².